The van der Waals surface area contributed by atoms with Crippen LogP contribution in [0.5, 0.6) is 11.5 Å². The Morgan fingerprint density at radius 2 is 1.94 bits per heavy atom. The molecule has 0 aliphatic heterocycles. The Bertz CT molecular complexity index is 519. The van der Waals surface area contributed by atoms with Crippen molar-refractivity contribution in [3.05, 3.63) is 51.4 Å². The Balaban J connectivity index is 2.34. The van der Waals surface area contributed by atoms with Crippen LogP contribution in [0.4, 0.5) is 4.39 Å². The Morgan fingerprint density at radius 3 is 2.69 bits per heavy atom. The van der Waals surface area contributed by atoms with E-state index < -0.39 is 5.82 Å². The third kappa shape index (κ3) is 2.59. The van der Waals surface area contributed by atoms with E-state index in [1.807, 2.05) is 0 Å². The Hall–Kier alpha value is -0.940. The summed E-state index contributed by atoms with van der Waals surface area (Å²) < 4.78 is 20.3. The predicted octanol–water partition coefficient (Wildman–Crippen LogP) is 4.54. The molecule has 16 heavy (non-hydrogen) atoms. The summed E-state index contributed by atoms with van der Waals surface area (Å²) in [5.74, 6) is 0.278. The van der Waals surface area contributed by atoms with Crippen molar-refractivity contribution >= 4 is 31.9 Å². The first-order chi connectivity index (χ1) is 7.66. The minimum absolute atomic E-state index is 0.168. The van der Waals surface area contributed by atoms with Crippen LogP contribution < -0.4 is 4.74 Å². The predicted molar refractivity (Wildman–Crippen MR) is 66.1 cm³/mol. The molecule has 82 valence electrons. The van der Waals surface area contributed by atoms with E-state index in [4.69, 9.17) is 4.74 Å². The van der Waals surface area contributed by atoms with E-state index in [2.05, 4.69) is 36.8 Å². The van der Waals surface area contributed by atoms with Crippen LogP contribution in [-0.4, -0.2) is 4.98 Å². The van der Waals surface area contributed by atoms with E-state index in [1.165, 1.54) is 6.07 Å². The van der Waals surface area contributed by atoms with Crippen molar-refractivity contribution in [2.24, 2.45) is 0 Å². The molecule has 1 aromatic heterocycles. The second-order valence-electron chi connectivity index (χ2n) is 2.98. The lowest BCUT2D eigenvalue weighted by Crippen LogP contribution is -1.89. The number of hydrogen-bond acceptors (Lipinski definition) is 2. The number of ether oxygens (including phenoxy) is 1. The van der Waals surface area contributed by atoms with Crippen molar-refractivity contribution in [1.82, 2.24) is 4.98 Å². The van der Waals surface area contributed by atoms with Gasteiger partial charge in [0.05, 0.1) is 4.47 Å². The fourth-order valence-corrected chi connectivity index (χ4v) is 1.79. The van der Waals surface area contributed by atoms with Crippen LogP contribution in [0.1, 0.15) is 0 Å². The Kier molecular flexibility index (Phi) is 3.56. The van der Waals surface area contributed by atoms with Crippen LogP contribution in [-0.2, 0) is 0 Å². The molecule has 0 fully saturated rings. The summed E-state index contributed by atoms with van der Waals surface area (Å²) in [5.41, 5.74) is 0. The summed E-state index contributed by atoms with van der Waals surface area (Å²) in [6, 6.07) is 6.19. The third-order valence-electron chi connectivity index (χ3n) is 1.85. The highest BCUT2D eigenvalue weighted by atomic mass is 79.9. The van der Waals surface area contributed by atoms with Crippen molar-refractivity contribution in [1.29, 1.82) is 0 Å². The highest BCUT2D eigenvalue weighted by Gasteiger charge is 2.07. The van der Waals surface area contributed by atoms with Crippen LogP contribution in [0.3, 0.4) is 0 Å². The number of benzene rings is 1. The van der Waals surface area contributed by atoms with E-state index in [9.17, 15) is 4.39 Å². The van der Waals surface area contributed by atoms with Crippen molar-refractivity contribution in [2.75, 3.05) is 0 Å². The van der Waals surface area contributed by atoms with Gasteiger partial charge in [0.2, 0.25) is 0 Å². The minimum Gasteiger partial charge on any atom is -0.453 e. The quantitative estimate of drug-likeness (QED) is 0.796. The minimum atomic E-state index is -0.410. The average Bonchev–Trinajstić information content (AvgIpc) is 2.27. The first-order valence-electron chi connectivity index (χ1n) is 4.39. The molecule has 0 aliphatic carbocycles. The van der Waals surface area contributed by atoms with Crippen LogP contribution in [0.2, 0.25) is 0 Å². The molecule has 0 unspecified atom stereocenters. The molecule has 2 aromatic rings. The van der Waals surface area contributed by atoms with Crippen LogP contribution in [0.25, 0.3) is 0 Å². The van der Waals surface area contributed by atoms with Gasteiger partial charge in [-0.25, -0.2) is 4.39 Å². The summed E-state index contributed by atoms with van der Waals surface area (Å²) in [5, 5.41) is 0. The van der Waals surface area contributed by atoms with Crippen molar-refractivity contribution < 1.29 is 9.13 Å². The summed E-state index contributed by atoms with van der Waals surface area (Å²) >= 11 is 6.53. The van der Waals surface area contributed by atoms with Crippen LogP contribution in [0, 0.1) is 5.82 Å². The van der Waals surface area contributed by atoms with Crippen molar-refractivity contribution in [2.45, 2.75) is 0 Å². The van der Waals surface area contributed by atoms with Gasteiger partial charge in [-0.05, 0) is 34.1 Å². The van der Waals surface area contributed by atoms with E-state index in [-0.39, 0.29) is 5.75 Å². The van der Waals surface area contributed by atoms with Gasteiger partial charge in [0, 0.05) is 22.9 Å². The van der Waals surface area contributed by atoms with Gasteiger partial charge in [0.1, 0.15) is 5.75 Å². The molecule has 0 radical (unpaired) electrons. The first kappa shape index (κ1) is 11.5. The molecule has 0 aliphatic rings. The largest absolute Gasteiger partial charge is 0.453 e. The molecule has 1 heterocycles. The van der Waals surface area contributed by atoms with Gasteiger partial charge in [-0.3, -0.25) is 4.98 Å². The highest BCUT2D eigenvalue weighted by molar-refractivity contribution is 9.10. The zero-order valence-corrected chi connectivity index (χ0v) is 11.1. The Labute approximate surface area is 109 Å². The maximum Gasteiger partial charge on any atom is 0.165 e. The topological polar surface area (TPSA) is 22.1 Å². The maximum absolute atomic E-state index is 13.4. The Morgan fingerprint density at radius 1 is 1.12 bits per heavy atom. The zero-order valence-electron chi connectivity index (χ0n) is 7.95. The fraction of sp³-hybridized carbons (Fsp3) is 0. The number of rotatable bonds is 2. The zero-order chi connectivity index (χ0) is 11.5. The summed E-state index contributed by atoms with van der Waals surface area (Å²) in [4.78, 5) is 3.90. The smallest absolute Gasteiger partial charge is 0.165 e. The van der Waals surface area contributed by atoms with Gasteiger partial charge in [-0.2, -0.15) is 0 Å². The lowest BCUT2D eigenvalue weighted by atomic mass is 10.3. The number of halogens is 3. The van der Waals surface area contributed by atoms with Gasteiger partial charge in [0.25, 0.3) is 0 Å². The molecule has 0 saturated carbocycles. The lowest BCUT2D eigenvalue weighted by molar-refractivity contribution is 0.439. The molecular formula is C11H6Br2FNO. The summed E-state index contributed by atoms with van der Waals surface area (Å²) in [6.45, 7) is 0. The third-order valence-corrected chi connectivity index (χ3v) is 2.94. The normalized spacial score (nSPS) is 10.2. The van der Waals surface area contributed by atoms with E-state index >= 15 is 0 Å². The van der Waals surface area contributed by atoms with E-state index in [0.717, 1.165) is 4.47 Å². The molecule has 0 atom stereocenters. The number of hydrogen-bond donors (Lipinski definition) is 0. The average molecular weight is 347 g/mol. The van der Waals surface area contributed by atoms with Crippen molar-refractivity contribution in [3.8, 4) is 11.5 Å². The van der Waals surface area contributed by atoms with Crippen LogP contribution in [0.15, 0.2) is 45.6 Å². The van der Waals surface area contributed by atoms with Gasteiger partial charge in [0.15, 0.2) is 11.6 Å². The monoisotopic (exact) mass is 345 g/mol. The second kappa shape index (κ2) is 4.93. The molecule has 0 N–H and O–H groups in total. The maximum atomic E-state index is 13.4. The highest BCUT2D eigenvalue weighted by Crippen LogP contribution is 2.31. The molecule has 5 heteroatoms. The SMILES string of the molecule is Fc1ccc(Br)cc1Oc1ccncc1Br. The van der Waals surface area contributed by atoms with Gasteiger partial charge < -0.3 is 4.74 Å². The van der Waals surface area contributed by atoms with Gasteiger partial charge in [-0.1, -0.05) is 15.9 Å². The van der Waals surface area contributed by atoms with Gasteiger partial charge in [-0.15, -0.1) is 0 Å². The molecule has 2 rings (SSSR count). The molecule has 0 spiro atoms. The molecule has 1 aromatic carbocycles. The standard InChI is InChI=1S/C11H6Br2FNO/c12-7-1-2-9(14)11(5-7)16-10-3-4-15-6-8(10)13/h1-6H. The number of aromatic nitrogens is 1. The second-order valence-corrected chi connectivity index (χ2v) is 4.75. The number of pyridine rings is 1. The van der Waals surface area contributed by atoms with Crippen molar-refractivity contribution in [3.63, 3.8) is 0 Å². The number of nitrogens with zero attached hydrogens (tertiary/aromatic N) is 1. The summed E-state index contributed by atoms with van der Waals surface area (Å²) in [7, 11) is 0. The molecular weight excluding hydrogens is 341 g/mol. The van der Waals surface area contributed by atoms with E-state index in [0.29, 0.717) is 10.2 Å². The molecule has 0 bridgehead atoms. The molecule has 0 amide bonds. The molecule has 2 nitrogen and oxygen atoms in total. The van der Waals surface area contributed by atoms with Crippen LogP contribution >= 0.6 is 31.9 Å². The van der Waals surface area contributed by atoms with Gasteiger partial charge >= 0.3 is 0 Å². The van der Waals surface area contributed by atoms with E-state index in [1.54, 1.807) is 30.6 Å². The molecule has 0 saturated heterocycles. The first-order valence-corrected chi connectivity index (χ1v) is 5.98. The lowest BCUT2D eigenvalue weighted by Gasteiger charge is -2.08. The summed E-state index contributed by atoms with van der Waals surface area (Å²) in [6.07, 6.45) is 3.17. The fourth-order valence-electron chi connectivity index (χ4n) is 1.12.